The zero-order chi connectivity index (χ0) is 37.9. The van der Waals surface area contributed by atoms with Crippen LogP contribution in [0, 0.1) is 5.41 Å². The summed E-state index contributed by atoms with van der Waals surface area (Å²) in [4.78, 5) is 44.6. The average Bonchev–Trinajstić information content (AvgIpc) is 3.66. The smallest absolute Gasteiger partial charge is 0.414 e. The Morgan fingerprint density at radius 2 is 1.70 bits per heavy atom. The number of alkyl halides is 1. The van der Waals surface area contributed by atoms with E-state index in [0.29, 0.717) is 78.3 Å². The maximum Gasteiger partial charge on any atom is 0.414 e. The topological polar surface area (TPSA) is 145 Å². The van der Waals surface area contributed by atoms with Gasteiger partial charge in [0.25, 0.3) is 11.8 Å². The number of ether oxygens (including phenoxy) is 5. The number of nitrogens with zero attached hydrogens (tertiary/aromatic N) is 3. The van der Waals surface area contributed by atoms with Gasteiger partial charge in [0, 0.05) is 43.5 Å². The van der Waals surface area contributed by atoms with Crippen LogP contribution in [0.3, 0.4) is 0 Å². The van der Waals surface area contributed by atoms with E-state index < -0.39 is 17.9 Å². The van der Waals surface area contributed by atoms with E-state index in [9.17, 15) is 18.8 Å². The second-order valence-electron chi connectivity index (χ2n) is 14.8. The summed E-state index contributed by atoms with van der Waals surface area (Å²) in [6, 6.07) is 6.54. The number of thiol groups is 1. The number of anilines is 2. The SMILES string of the molecule is COc1cc2c(cc1OCCCCC(C)(C)CCOc1cc3c(cc1OC)C(=O)N1C=CCC1(N)CN3C(=O)OCCS)NCC1CC(F)CN1C2=O. The van der Waals surface area contributed by atoms with Gasteiger partial charge >= 0.3 is 6.09 Å². The molecule has 4 aliphatic heterocycles. The second-order valence-corrected chi connectivity index (χ2v) is 15.2. The number of rotatable bonds is 14. The number of benzene rings is 2. The fraction of sp³-hybridized carbons (Fsp3) is 0.553. The predicted octanol–water partition coefficient (Wildman–Crippen LogP) is 5.63. The molecule has 0 bridgehead atoms. The number of hydrogen-bond acceptors (Lipinski definition) is 11. The number of carbonyl (C=O) groups is 3. The molecule has 1 saturated heterocycles. The summed E-state index contributed by atoms with van der Waals surface area (Å²) in [5, 5.41) is 3.31. The molecule has 0 aliphatic carbocycles. The van der Waals surface area contributed by atoms with Gasteiger partial charge in [-0.3, -0.25) is 19.4 Å². The summed E-state index contributed by atoms with van der Waals surface area (Å²) < 4.78 is 43.0. The van der Waals surface area contributed by atoms with E-state index in [1.54, 1.807) is 35.4 Å². The van der Waals surface area contributed by atoms with Crippen LogP contribution in [0.15, 0.2) is 36.5 Å². The number of nitrogens with one attached hydrogen (secondary N) is 1. The van der Waals surface area contributed by atoms with Crippen molar-refractivity contribution in [1.29, 1.82) is 0 Å². The van der Waals surface area contributed by atoms with E-state index in [1.807, 2.05) is 6.08 Å². The Hall–Kier alpha value is -4.37. The van der Waals surface area contributed by atoms with Crippen LogP contribution < -0.4 is 34.9 Å². The molecule has 288 valence electrons. The Morgan fingerprint density at radius 3 is 2.43 bits per heavy atom. The standard InChI is InChI=1S/C38H50FN5O8S/c1-37(2,8-5-6-12-50-32-19-28-26(17-30(32)48-3)34(45)42-22-24(39)16-25(42)21-41-28)10-13-51-33-20-29-27(18-31(33)49-4)35(46)44-11-7-9-38(44,40)23-43(29)36(47)52-14-15-53/h7,11,17-20,24-25,41,53H,5-6,8-10,12-16,21-23,40H2,1-4H3. The van der Waals surface area contributed by atoms with E-state index >= 15 is 0 Å². The molecule has 0 saturated carbocycles. The van der Waals surface area contributed by atoms with Crippen molar-refractivity contribution in [2.45, 2.75) is 70.2 Å². The van der Waals surface area contributed by atoms with Crippen LogP contribution in [0.4, 0.5) is 20.6 Å². The minimum absolute atomic E-state index is 0.0313. The molecule has 0 spiro atoms. The van der Waals surface area contributed by atoms with Crippen LogP contribution in [0.5, 0.6) is 23.0 Å². The van der Waals surface area contributed by atoms with E-state index in [1.165, 1.54) is 24.0 Å². The number of amides is 3. The van der Waals surface area contributed by atoms with Crippen molar-refractivity contribution in [2.75, 3.05) is 69.6 Å². The summed E-state index contributed by atoms with van der Waals surface area (Å²) in [5.41, 5.74) is 7.18. The first-order valence-corrected chi connectivity index (χ1v) is 18.7. The van der Waals surface area contributed by atoms with Crippen molar-refractivity contribution in [3.05, 3.63) is 47.7 Å². The molecule has 15 heteroatoms. The summed E-state index contributed by atoms with van der Waals surface area (Å²) in [6.07, 6.45) is 5.88. The molecular formula is C38H50FN5O8S. The predicted molar refractivity (Wildman–Crippen MR) is 201 cm³/mol. The summed E-state index contributed by atoms with van der Waals surface area (Å²) in [6.45, 7) is 5.92. The molecule has 2 aromatic rings. The molecule has 2 aromatic carbocycles. The number of carbonyl (C=O) groups excluding carboxylic acids is 3. The molecular weight excluding hydrogens is 706 g/mol. The molecule has 3 unspecified atom stereocenters. The van der Waals surface area contributed by atoms with Gasteiger partial charge in [0.15, 0.2) is 23.0 Å². The lowest BCUT2D eigenvalue weighted by Crippen LogP contribution is -2.59. The summed E-state index contributed by atoms with van der Waals surface area (Å²) in [7, 11) is 3.04. The van der Waals surface area contributed by atoms with E-state index in [0.717, 1.165) is 25.7 Å². The molecule has 3 amide bonds. The lowest BCUT2D eigenvalue weighted by atomic mass is 9.84. The number of unbranched alkanes of at least 4 members (excludes halogenated alkanes) is 1. The molecule has 3 atom stereocenters. The average molecular weight is 756 g/mol. The van der Waals surface area contributed by atoms with Gasteiger partial charge in [-0.1, -0.05) is 19.9 Å². The quantitative estimate of drug-likeness (QED) is 0.164. The van der Waals surface area contributed by atoms with Crippen molar-refractivity contribution < 1.29 is 42.5 Å². The Bertz CT molecular complexity index is 1740. The first kappa shape index (κ1) is 38.4. The fourth-order valence-electron chi connectivity index (χ4n) is 7.39. The Labute approximate surface area is 315 Å². The van der Waals surface area contributed by atoms with Crippen LogP contribution in [0.1, 0.15) is 73.1 Å². The maximum absolute atomic E-state index is 14.0. The molecule has 1 fully saturated rings. The van der Waals surface area contributed by atoms with Crippen molar-refractivity contribution >= 4 is 41.9 Å². The number of methoxy groups -OCH3 is 2. The molecule has 0 aromatic heterocycles. The van der Waals surface area contributed by atoms with Gasteiger partial charge in [-0.2, -0.15) is 12.6 Å². The van der Waals surface area contributed by atoms with Crippen molar-refractivity contribution in [3.63, 3.8) is 0 Å². The maximum atomic E-state index is 14.0. The van der Waals surface area contributed by atoms with E-state index in [-0.39, 0.29) is 48.5 Å². The van der Waals surface area contributed by atoms with Gasteiger partial charge in [-0.05, 0) is 43.2 Å². The monoisotopic (exact) mass is 755 g/mol. The zero-order valence-electron chi connectivity index (χ0n) is 30.8. The minimum atomic E-state index is -1.12. The van der Waals surface area contributed by atoms with Crippen LogP contribution in [-0.4, -0.2) is 105 Å². The fourth-order valence-corrected chi connectivity index (χ4v) is 7.48. The van der Waals surface area contributed by atoms with Crippen LogP contribution >= 0.6 is 12.6 Å². The highest BCUT2D eigenvalue weighted by Gasteiger charge is 2.46. The zero-order valence-corrected chi connectivity index (χ0v) is 31.7. The minimum Gasteiger partial charge on any atom is -0.493 e. The number of hydrogen-bond donors (Lipinski definition) is 3. The third-order valence-electron chi connectivity index (χ3n) is 10.4. The van der Waals surface area contributed by atoms with Crippen LogP contribution in [-0.2, 0) is 4.74 Å². The summed E-state index contributed by atoms with van der Waals surface area (Å²) >= 11 is 4.15. The van der Waals surface area contributed by atoms with Gasteiger partial charge in [-0.25, -0.2) is 9.18 Å². The number of halogens is 1. The third-order valence-corrected chi connectivity index (χ3v) is 10.6. The van der Waals surface area contributed by atoms with E-state index in [4.69, 9.17) is 29.4 Å². The van der Waals surface area contributed by atoms with Gasteiger partial charge in [0.2, 0.25) is 0 Å². The normalized spacial score (nSPS) is 21.9. The molecule has 4 aliphatic rings. The highest BCUT2D eigenvalue weighted by Crippen LogP contribution is 2.42. The Kier molecular flexibility index (Phi) is 11.5. The van der Waals surface area contributed by atoms with Gasteiger partial charge in [-0.15, -0.1) is 0 Å². The highest BCUT2D eigenvalue weighted by molar-refractivity contribution is 7.80. The lowest BCUT2D eigenvalue weighted by molar-refractivity contribution is 0.0687. The van der Waals surface area contributed by atoms with Gasteiger partial charge in [0.05, 0.1) is 69.1 Å². The van der Waals surface area contributed by atoms with Gasteiger partial charge < -0.3 is 39.6 Å². The van der Waals surface area contributed by atoms with E-state index in [2.05, 4.69) is 31.8 Å². The summed E-state index contributed by atoms with van der Waals surface area (Å²) in [5.74, 6) is 1.58. The Balaban J connectivity index is 1.04. The third kappa shape index (κ3) is 8.10. The lowest BCUT2D eigenvalue weighted by Gasteiger charge is -2.34. The van der Waals surface area contributed by atoms with Crippen molar-refractivity contribution in [1.82, 2.24) is 9.80 Å². The molecule has 3 N–H and O–H groups in total. The van der Waals surface area contributed by atoms with Crippen molar-refractivity contribution in [3.8, 4) is 23.0 Å². The van der Waals surface area contributed by atoms with Crippen molar-refractivity contribution in [2.24, 2.45) is 11.1 Å². The largest absolute Gasteiger partial charge is 0.493 e. The second kappa shape index (κ2) is 15.9. The van der Waals surface area contributed by atoms with Gasteiger partial charge in [0.1, 0.15) is 18.4 Å². The highest BCUT2D eigenvalue weighted by atomic mass is 32.1. The Morgan fingerprint density at radius 1 is 0.981 bits per heavy atom. The first-order chi connectivity index (χ1) is 25.4. The molecule has 0 radical (unpaired) electrons. The molecule has 13 nitrogen and oxygen atoms in total. The number of fused-ring (bicyclic) bond motifs is 4. The number of nitrogens with two attached hydrogens (primary N) is 1. The van der Waals surface area contributed by atoms with Crippen LogP contribution in [0.2, 0.25) is 0 Å². The molecule has 6 rings (SSSR count). The molecule has 53 heavy (non-hydrogen) atoms. The van der Waals surface area contributed by atoms with Crippen LogP contribution in [0.25, 0.3) is 0 Å². The molecule has 4 heterocycles. The first-order valence-electron chi connectivity index (χ1n) is 18.1.